The van der Waals surface area contributed by atoms with Gasteiger partial charge in [0.25, 0.3) is 5.56 Å². The smallest absolute Gasteiger partial charge is 0.330 e. The van der Waals surface area contributed by atoms with Crippen molar-refractivity contribution in [1.82, 2.24) is 14.5 Å². The number of amides is 1. The molecule has 0 unspecified atom stereocenters. The Morgan fingerprint density at radius 2 is 2.03 bits per heavy atom. The molecule has 176 valence electrons. The van der Waals surface area contributed by atoms with Gasteiger partial charge < -0.3 is 19.8 Å². The van der Waals surface area contributed by atoms with Crippen molar-refractivity contribution in [3.05, 3.63) is 63.3 Å². The number of nitrogens with two attached hydrogens (primary N) is 1. The van der Waals surface area contributed by atoms with E-state index in [0.29, 0.717) is 24.6 Å². The normalized spacial score (nSPS) is 11.0. The van der Waals surface area contributed by atoms with Crippen molar-refractivity contribution in [3.8, 4) is 11.3 Å². The van der Waals surface area contributed by atoms with Crippen LogP contribution in [0.5, 0.6) is 0 Å². The number of benzene rings is 1. The number of nitrogens with zero attached hydrogens (tertiary/aromatic N) is 3. The maximum atomic E-state index is 13.1. The van der Waals surface area contributed by atoms with Crippen LogP contribution in [0.3, 0.4) is 0 Å². The molecule has 0 fully saturated rings. The number of nitrogen functional groups attached to an aromatic ring is 1. The van der Waals surface area contributed by atoms with Crippen LogP contribution in [0.4, 0.5) is 11.5 Å². The largest absolute Gasteiger partial charge is 0.441 e. The van der Waals surface area contributed by atoms with E-state index in [-0.39, 0.29) is 43.4 Å². The van der Waals surface area contributed by atoms with E-state index >= 15 is 0 Å². The highest BCUT2D eigenvalue weighted by atomic mass is 16.5. The third-order valence-electron chi connectivity index (χ3n) is 5.20. The van der Waals surface area contributed by atoms with Crippen LogP contribution < -0.4 is 21.9 Å². The van der Waals surface area contributed by atoms with Crippen molar-refractivity contribution in [2.24, 2.45) is 0 Å². The van der Waals surface area contributed by atoms with Crippen LogP contribution in [0.1, 0.15) is 32.1 Å². The lowest BCUT2D eigenvalue weighted by molar-refractivity contribution is -0.118. The molecule has 0 aliphatic carbocycles. The van der Waals surface area contributed by atoms with E-state index in [4.69, 9.17) is 14.9 Å². The van der Waals surface area contributed by atoms with Gasteiger partial charge in [-0.1, -0.05) is 43.7 Å². The first kappa shape index (κ1) is 24.0. The monoisotopic (exact) mass is 455 g/mol. The van der Waals surface area contributed by atoms with Gasteiger partial charge in [0.2, 0.25) is 5.91 Å². The molecule has 0 radical (unpaired) electrons. The van der Waals surface area contributed by atoms with Crippen molar-refractivity contribution in [2.75, 3.05) is 30.9 Å². The predicted octanol–water partition coefficient (Wildman–Crippen LogP) is 2.19. The second-order valence-electron chi connectivity index (χ2n) is 7.52. The van der Waals surface area contributed by atoms with Gasteiger partial charge in [0.1, 0.15) is 5.82 Å². The van der Waals surface area contributed by atoms with Gasteiger partial charge in [0.15, 0.2) is 17.3 Å². The lowest BCUT2D eigenvalue weighted by Crippen LogP contribution is -2.42. The molecular weight excluding hydrogens is 426 g/mol. The van der Waals surface area contributed by atoms with Crippen molar-refractivity contribution in [2.45, 2.75) is 39.2 Å². The summed E-state index contributed by atoms with van der Waals surface area (Å²) in [4.78, 5) is 45.8. The summed E-state index contributed by atoms with van der Waals surface area (Å²) in [5.74, 6) is 0.621. The minimum absolute atomic E-state index is 0.0332. The Labute approximate surface area is 191 Å². The molecule has 3 N–H and O–H groups in total. The van der Waals surface area contributed by atoms with Crippen LogP contribution in [0.15, 0.2) is 50.5 Å². The van der Waals surface area contributed by atoms with E-state index in [0.717, 1.165) is 12.0 Å². The number of carbonyl (C=O) groups is 1. The molecule has 0 aliphatic rings. The number of hydrogen-bond donors (Lipinski definition) is 2. The highest BCUT2D eigenvalue weighted by molar-refractivity contribution is 5.95. The zero-order chi connectivity index (χ0) is 23.8. The van der Waals surface area contributed by atoms with Gasteiger partial charge in [-0.2, -0.15) is 0 Å². The lowest BCUT2D eigenvalue weighted by atomic mass is 10.2. The number of aromatic amines is 1. The minimum Gasteiger partial charge on any atom is -0.441 e. The number of aryl methyl sites for hydroxylation is 1. The summed E-state index contributed by atoms with van der Waals surface area (Å²) >= 11 is 0. The maximum absolute atomic E-state index is 13.1. The Balaban J connectivity index is 1.82. The SMILES string of the molecule is CCCCn1c(N)c(N(CCOC)C(=O)CCc2ncc(-c3ccccc3)o2)c(=O)[nH]c1=O. The van der Waals surface area contributed by atoms with Gasteiger partial charge in [-0.05, 0) is 6.42 Å². The van der Waals surface area contributed by atoms with E-state index in [2.05, 4.69) is 9.97 Å². The first-order valence-electron chi connectivity index (χ1n) is 10.9. The van der Waals surface area contributed by atoms with Crippen molar-refractivity contribution in [3.63, 3.8) is 0 Å². The average molecular weight is 456 g/mol. The number of aromatic nitrogens is 3. The number of ether oxygens (including phenoxy) is 1. The van der Waals surface area contributed by atoms with Crippen LogP contribution in [-0.2, 0) is 22.5 Å². The van der Waals surface area contributed by atoms with Crippen LogP contribution in [-0.4, -0.2) is 40.7 Å². The van der Waals surface area contributed by atoms with Crippen LogP contribution in [0, 0.1) is 0 Å². The standard InChI is InChI=1S/C23H29N5O5/c1-3-4-12-28-21(24)20(22(30)26-23(28)31)27(13-14-32-2)19(29)11-10-18-25-15-17(33-18)16-8-6-5-7-9-16/h5-9,15H,3-4,10-14,24H2,1-2H3,(H,26,30,31). The van der Waals surface area contributed by atoms with Gasteiger partial charge in [0, 0.05) is 38.6 Å². The predicted molar refractivity (Wildman–Crippen MR) is 125 cm³/mol. The topological polar surface area (TPSA) is 136 Å². The maximum Gasteiger partial charge on any atom is 0.330 e. The number of H-pyrrole nitrogens is 1. The molecule has 1 aromatic carbocycles. The summed E-state index contributed by atoms with van der Waals surface area (Å²) in [5, 5.41) is 0. The molecule has 33 heavy (non-hydrogen) atoms. The zero-order valence-electron chi connectivity index (χ0n) is 18.9. The fourth-order valence-electron chi connectivity index (χ4n) is 3.43. The summed E-state index contributed by atoms with van der Waals surface area (Å²) in [6, 6.07) is 9.52. The molecule has 3 rings (SSSR count). The lowest BCUT2D eigenvalue weighted by Gasteiger charge is -2.24. The van der Waals surface area contributed by atoms with Gasteiger partial charge in [-0.15, -0.1) is 0 Å². The molecule has 0 saturated carbocycles. The molecule has 3 aromatic rings. The summed E-state index contributed by atoms with van der Waals surface area (Å²) in [6.45, 7) is 2.62. The second kappa shape index (κ2) is 11.3. The first-order chi connectivity index (χ1) is 16.0. The Kier molecular flexibility index (Phi) is 8.20. The van der Waals surface area contributed by atoms with Crippen LogP contribution in [0.2, 0.25) is 0 Å². The molecule has 0 spiro atoms. The van der Waals surface area contributed by atoms with Crippen LogP contribution >= 0.6 is 0 Å². The highest BCUT2D eigenvalue weighted by Crippen LogP contribution is 2.22. The molecule has 10 nitrogen and oxygen atoms in total. The van der Waals surface area contributed by atoms with Gasteiger partial charge in [0.05, 0.1) is 12.8 Å². The average Bonchev–Trinajstić information content (AvgIpc) is 3.29. The zero-order valence-corrected chi connectivity index (χ0v) is 18.9. The third-order valence-corrected chi connectivity index (χ3v) is 5.20. The molecule has 1 amide bonds. The van der Waals surface area contributed by atoms with Gasteiger partial charge >= 0.3 is 5.69 Å². The number of unbranched alkanes of at least 4 members (excludes halogenated alkanes) is 1. The van der Waals surface area contributed by atoms with Crippen molar-refractivity contribution in [1.29, 1.82) is 0 Å². The molecule has 0 bridgehead atoms. The molecule has 2 aromatic heterocycles. The van der Waals surface area contributed by atoms with Crippen molar-refractivity contribution < 1.29 is 13.9 Å². The van der Waals surface area contributed by atoms with E-state index in [1.54, 1.807) is 6.20 Å². The van der Waals surface area contributed by atoms with E-state index in [9.17, 15) is 14.4 Å². The first-order valence-corrected chi connectivity index (χ1v) is 10.9. The highest BCUT2D eigenvalue weighted by Gasteiger charge is 2.24. The second-order valence-corrected chi connectivity index (χ2v) is 7.52. The number of nitrogens with one attached hydrogen (secondary N) is 1. The summed E-state index contributed by atoms with van der Waals surface area (Å²) in [7, 11) is 1.50. The number of hydrogen-bond acceptors (Lipinski definition) is 7. The molecule has 0 aliphatic heterocycles. The number of methoxy groups -OCH3 is 1. The number of oxazole rings is 1. The molecule has 2 heterocycles. The molecular formula is C23H29N5O5. The number of rotatable bonds is 11. The quantitative estimate of drug-likeness (QED) is 0.452. The summed E-state index contributed by atoms with van der Waals surface area (Å²) in [5.41, 5.74) is 5.72. The van der Waals surface area contributed by atoms with E-state index < -0.39 is 11.2 Å². The number of carbonyl (C=O) groups excluding carboxylic acids is 1. The Morgan fingerprint density at radius 3 is 2.73 bits per heavy atom. The van der Waals surface area contributed by atoms with Gasteiger partial charge in [-0.3, -0.25) is 19.1 Å². The molecule has 0 saturated heterocycles. The summed E-state index contributed by atoms with van der Waals surface area (Å²) in [6.07, 6.45) is 3.43. The van der Waals surface area contributed by atoms with E-state index in [1.807, 2.05) is 37.3 Å². The minimum atomic E-state index is -0.711. The fourth-order valence-corrected chi connectivity index (χ4v) is 3.43. The Bertz CT molecular complexity index is 1180. The molecule has 0 atom stereocenters. The van der Waals surface area contributed by atoms with Gasteiger partial charge in [-0.25, -0.2) is 9.78 Å². The molecule has 10 heteroatoms. The van der Waals surface area contributed by atoms with Crippen LogP contribution in [0.25, 0.3) is 11.3 Å². The Hall–Kier alpha value is -3.66. The van der Waals surface area contributed by atoms with Crippen molar-refractivity contribution >= 4 is 17.4 Å². The number of anilines is 2. The van der Waals surface area contributed by atoms with E-state index in [1.165, 1.54) is 16.6 Å². The third kappa shape index (κ3) is 5.78. The fraction of sp³-hybridized carbons (Fsp3) is 0.391. The Morgan fingerprint density at radius 1 is 1.27 bits per heavy atom. The summed E-state index contributed by atoms with van der Waals surface area (Å²) < 4.78 is 12.2.